The zero-order valence-electron chi connectivity index (χ0n) is 16.3. The number of hydrogen-bond acceptors (Lipinski definition) is 2. The van der Waals surface area contributed by atoms with Gasteiger partial charge in [0.1, 0.15) is 16.7 Å². The van der Waals surface area contributed by atoms with Crippen LogP contribution in [-0.4, -0.2) is 19.9 Å². The van der Waals surface area contributed by atoms with Gasteiger partial charge in [0.15, 0.2) is 0 Å². The first-order valence-electron chi connectivity index (χ1n) is 9.67. The molecule has 0 bridgehead atoms. The Labute approximate surface area is 184 Å². The summed E-state index contributed by atoms with van der Waals surface area (Å²) in [4.78, 5) is 19.3. The van der Waals surface area contributed by atoms with E-state index in [0.717, 1.165) is 22.3 Å². The summed E-state index contributed by atoms with van der Waals surface area (Å²) in [5, 5.41) is 0.492. The molecule has 2 aromatic heterocycles. The predicted molar refractivity (Wildman–Crippen MR) is 124 cm³/mol. The van der Waals surface area contributed by atoms with Gasteiger partial charge in [-0.15, -0.1) is 0 Å². The van der Waals surface area contributed by atoms with Crippen LogP contribution in [-0.2, 0) is 0 Å². The topological polar surface area (TPSA) is 61.7 Å². The molecule has 6 heteroatoms. The Hall–Kier alpha value is -4.14. The molecule has 0 unspecified atom stereocenters. The summed E-state index contributed by atoms with van der Waals surface area (Å²) in [6.45, 7) is 7.52. The summed E-state index contributed by atoms with van der Waals surface area (Å²) < 4.78 is 0. The van der Waals surface area contributed by atoms with E-state index in [-0.39, 0.29) is 0 Å². The molecule has 5 aromatic rings. The van der Waals surface area contributed by atoms with Crippen LogP contribution in [0.1, 0.15) is 0 Å². The molecule has 0 saturated heterocycles. The van der Waals surface area contributed by atoms with Crippen molar-refractivity contribution in [3.05, 3.63) is 101 Å². The lowest BCUT2D eigenvalue weighted by Crippen LogP contribution is -1.85. The van der Waals surface area contributed by atoms with Crippen molar-refractivity contribution in [1.29, 1.82) is 0 Å². The van der Waals surface area contributed by atoms with Gasteiger partial charge >= 0.3 is 0 Å². The van der Waals surface area contributed by atoms with E-state index in [1.807, 2.05) is 84.9 Å². The SMILES string of the molecule is [C-]#[N+]c1[nH]c(-c2cccc(-c3nc(-c4ccccc4)c(Cl)[nH]3)c2)nc1-c1ccccc1. The number of H-pyrrole nitrogens is 2. The van der Waals surface area contributed by atoms with Crippen LogP contribution in [0.5, 0.6) is 0 Å². The number of halogens is 1. The minimum Gasteiger partial charge on any atom is -0.362 e. The number of aromatic nitrogens is 4. The molecule has 5 rings (SSSR count). The normalized spacial score (nSPS) is 10.7. The number of hydrogen-bond donors (Lipinski definition) is 2. The minimum atomic E-state index is 0.416. The maximum absolute atomic E-state index is 7.52. The van der Waals surface area contributed by atoms with Crippen LogP contribution in [0, 0.1) is 6.57 Å². The molecule has 0 saturated carbocycles. The molecule has 31 heavy (non-hydrogen) atoms. The van der Waals surface area contributed by atoms with Gasteiger partial charge in [-0.2, -0.15) is 0 Å². The summed E-state index contributed by atoms with van der Waals surface area (Å²) in [5.74, 6) is 1.72. The van der Waals surface area contributed by atoms with Gasteiger partial charge in [-0.1, -0.05) is 91.0 Å². The molecular formula is C25H16ClN5. The van der Waals surface area contributed by atoms with Crippen LogP contribution >= 0.6 is 11.6 Å². The van der Waals surface area contributed by atoms with Crippen molar-refractivity contribution >= 4 is 17.4 Å². The molecule has 0 atom stereocenters. The number of nitrogens with zero attached hydrogens (tertiary/aromatic N) is 3. The monoisotopic (exact) mass is 421 g/mol. The molecule has 0 radical (unpaired) electrons. The Morgan fingerprint density at radius 3 is 1.77 bits per heavy atom. The van der Waals surface area contributed by atoms with Crippen LogP contribution < -0.4 is 0 Å². The van der Waals surface area contributed by atoms with E-state index < -0.39 is 0 Å². The molecule has 2 N–H and O–H groups in total. The Morgan fingerprint density at radius 1 is 0.645 bits per heavy atom. The summed E-state index contributed by atoms with van der Waals surface area (Å²) in [7, 11) is 0. The van der Waals surface area contributed by atoms with E-state index in [1.165, 1.54) is 0 Å². The van der Waals surface area contributed by atoms with Gasteiger partial charge in [-0.25, -0.2) is 9.97 Å². The van der Waals surface area contributed by atoms with Gasteiger partial charge in [0.05, 0.1) is 5.69 Å². The van der Waals surface area contributed by atoms with Crippen molar-refractivity contribution in [1.82, 2.24) is 19.9 Å². The molecule has 2 heterocycles. The highest BCUT2D eigenvalue weighted by atomic mass is 35.5. The predicted octanol–water partition coefficient (Wildman–Crippen LogP) is 7.00. The highest BCUT2D eigenvalue weighted by Gasteiger charge is 2.16. The Bertz CT molecular complexity index is 1400. The van der Waals surface area contributed by atoms with Crippen molar-refractivity contribution in [2.24, 2.45) is 0 Å². The average Bonchev–Trinajstić information content (AvgIpc) is 3.44. The Balaban J connectivity index is 1.54. The molecule has 0 spiro atoms. The molecule has 3 aromatic carbocycles. The van der Waals surface area contributed by atoms with Crippen LogP contribution in [0.3, 0.4) is 0 Å². The second-order valence-corrected chi connectivity index (χ2v) is 7.33. The molecule has 0 fully saturated rings. The lowest BCUT2D eigenvalue weighted by Gasteiger charge is -2.00. The first-order valence-corrected chi connectivity index (χ1v) is 10.1. The summed E-state index contributed by atoms with van der Waals surface area (Å²) in [6.07, 6.45) is 0. The third-order valence-electron chi connectivity index (χ3n) is 4.96. The van der Waals surface area contributed by atoms with Crippen molar-refractivity contribution in [2.45, 2.75) is 0 Å². The minimum absolute atomic E-state index is 0.416. The molecule has 0 aliphatic rings. The molecule has 0 aliphatic carbocycles. The van der Waals surface area contributed by atoms with Crippen LogP contribution in [0.2, 0.25) is 5.15 Å². The number of imidazole rings is 2. The molecular weight excluding hydrogens is 406 g/mol. The van der Waals surface area contributed by atoms with E-state index in [0.29, 0.717) is 34.0 Å². The smallest absolute Gasteiger partial charge is 0.255 e. The highest BCUT2D eigenvalue weighted by Crippen LogP contribution is 2.34. The standard InChI is InChI=1S/C25H16ClN5/c1-27-25-21(17-11-6-3-7-12-17)29-24(31-25)19-14-8-13-18(15-19)23-28-20(22(26)30-23)16-9-4-2-5-10-16/h2-15H,(H,28,30)(H,29,31). The van der Waals surface area contributed by atoms with E-state index in [1.54, 1.807) is 0 Å². The van der Waals surface area contributed by atoms with Crippen molar-refractivity contribution in [2.75, 3.05) is 0 Å². The largest absolute Gasteiger partial charge is 0.362 e. The summed E-state index contributed by atoms with van der Waals surface area (Å²) in [5.41, 5.74) is 4.94. The Kier molecular flexibility index (Phi) is 4.83. The van der Waals surface area contributed by atoms with E-state index in [2.05, 4.69) is 14.8 Å². The number of benzene rings is 3. The van der Waals surface area contributed by atoms with Gasteiger partial charge in [-0.3, -0.25) is 4.98 Å². The summed E-state index contributed by atoms with van der Waals surface area (Å²) in [6, 6.07) is 27.3. The zero-order chi connectivity index (χ0) is 21.2. The van der Waals surface area contributed by atoms with E-state index >= 15 is 0 Å². The van der Waals surface area contributed by atoms with Crippen LogP contribution in [0.4, 0.5) is 5.82 Å². The van der Waals surface area contributed by atoms with E-state index in [4.69, 9.17) is 28.1 Å². The molecule has 0 amide bonds. The first kappa shape index (κ1) is 18.9. The molecule has 5 nitrogen and oxygen atoms in total. The molecule has 0 aliphatic heterocycles. The fourth-order valence-electron chi connectivity index (χ4n) is 3.47. The third kappa shape index (κ3) is 3.61. The molecule has 148 valence electrons. The van der Waals surface area contributed by atoms with Crippen molar-refractivity contribution in [3.8, 4) is 45.3 Å². The maximum Gasteiger partial charge on any atom is 0.255 e. The van der Waals surface area contributed by atoms with Crippen LogP contribution in [0.25, 0.3) is 50.1 Å². The number of nitrogens with one attached hydrogen (secondary N) is 2. The van der Waals surface area contributed by atoms with E-state index in [9.17, 15) is 0 Å². The lowest BCUT2D eigenvalue weighted by atomic mass is 10.1. The second kappa shape index (κ2) is 7.94. The van der Waals surface area contributed by atoms with Gasteiger partial charge in [0, 0.05) is 16.7 Å². The fraction of sp³-hybridized carbons (Fsp3) is 0. The van der Waals surface area contributed by atoms with Gasteiger partial charge in [-0.05, 0) is 17.7 Å². The first-order chi connectivity index (χ1) is 15.2. The third-order valence-corrected chi connectivity index (χ3v) is 5.23. The van der Waals surface area contributed by atoms with Crippen molar-refractivity contribution < 1.29 is 0 Å². The van der Waals surface area contributed by atoms with Crippen LogP contribution in [0.15, 0.2) is 84.9 Å². The lowest BCUT2D eigenvalue weighted by molar-refractivity contribution is 1.29. The second-order valence-electron chi connectivity index (χ2n) is 6.96. The maximum atomic E-state index is 7.52. The van der Waals surface area contributed by atoms with Crippen molar-refractivity contribution in [3.63, 3.8) is 0 Å². The fourth-order valence-corrected chi connectivity index (χ4v) is 3.71. The quantitative estimate of drug-likeness (QED) is 0.307. The average molecular weight is 422 g/mol. The number of aromatic amines is 2. The highest BCUT2D eigenvalue weighted by molar-refractivity contribution is 6.32. The number of rotatable bonds is 4. The Morgan fingerprint density at radius 2 is 1.16 bits per heavy atom. The van der Waals surface area contributed by atoms with Gasteiger partial charge in [0.25, 0.3) is 5.82 Å². The summed E-state index contributed by atoms with van der Waals surface area (Å²) >= 11 is 6.43. The van der Waals surface area contributed by atoms with Gasteiger partial charge in [0.2, 0.25) is 5.82 Å². The zero-order valence-corrected chi connectivity index (χ0v) is 17.1. The van der Waals surface area contributed by atoms with Gasteiger partial charge < -0.3 is 9.83 Å².